The van der Waals surface area contributed by atoms with Crippen molar-refractivity contribution in [2.75, 3.05) is 28.4 Å². The Labute approximate surface area is 686 Å². The lowest BCUT2D eigenvalue weighted by Crippen LogP contribution is -2.38. The van der Waals surface area contributed by atoms with Gasteiger partial charge in [-0.2, -0.15) is 0 Å². The van der Waals surface area contributed by atoms with Gasteiger partial charge in [-0.25, -0.2) is 0 Å². The van der Waals surface area contributed by atoms with Gasteiger partial charge < -0.3 is 23.7 Å². The molecule has 0 unspecified atom stereocenters. The number of ether oxygens (including phenoxy) is 5. The number of hydrogen-bond acceptors (Lipinski definition) is 6. The molecule has 1 fully saturated rings. The lowest BCUT2D eigenvalue weighted by atomic mass is 9.73. The Morgan fingerprint density at radius 1 is 0.429 bits per heavy atom. The molecular weight excluding hydrogens is 1440 g/mol. The summed E-state index contributed by atoms with van der Waals surface area (Å²) in [6.45, 7) is 18.6. The van der Waals surface area contributed by atoms with Gasteiger partial charge in [-0.3, -0.25) is 4.79 Å². The maximum Gasteiger partial charge on any atom is 0.193 e. The second kappa shape index (κ2) is 42.5. The number of carbonyl (C=O) groups is 1. The summed E-state index contributed by atoms with van der Waals surface area (Å²) >= 11 is 4.37. The smallest absolute Gasteiger partial charge is 0.193 e. The molecule has 0 saturated heterocycles. The van der Waals surface area contributed by atoms with E-state index in [9.17, 15) is 4.79 Å². The number of rotatable bonds is 47. The summed E-state index contributed by atoms with van der Waals surface area (Å²) in [6.07, 6.45) is 54.2. The Hall–Kier alpha value is -7.09. The van der Waals surface area contributed by atoms with Crippen LogP contribution < -0.4 is 23.7 Å². The zero-order chi connectivity index (χ0) is 79.0. The van der Waals surface area contributed by atoms with Crippen LogP contribution in [0, 0.1) is 12.8 Å². The third-order valence-electron chi connectivity index (χ3n) is 26.1. The maximum atomic E-state index is 14.5. The number of carbonyl (C=O) groups excluding carboxylic acids is 1. The third kappa shape index (κ3) is 20.0. The summed E-state index contributed by atoms with van der Waals surface area (Å²) in [5.74, 6) is 5.73. The molecule has 0 N–H and O–H groups in total. The van der Waals surface area contributed by atoms with Crippen molar-refractivity contribution in [3.05, 3.63) is 198 Å². The summed E-state index contributed by atoms with van der Waals surface area (Å²) < 4.78 is 35.7. The summed E-state index contributed by atoms with van der Waals surface area (Å²) in [5, 5.41) is 2.03. The van der Waals surface area contributed by atoms with Gasteiger partial charge >= 0.3 is 0 Å². The van der Waals surface area contributed by atoms with E-state index in [1.807, 2.05) is 38.5 Å². The molecule has 112 heavy (non-hydrogen) atoms. The number of benzene rings is 8. The van der Waals surface area contributed by atoms with Crippen LogP contribution in [0.3, 0.4) is 0 Å². The fourth-order valence-electron chi connectivity index (χ4n) is 19.6. The average Bonchev–Trinajstić information content (AvgIpc) is 1.43. The Bertz CT molecular complexity index is 4260. The van der Waals surface area contributed by atoms with Gasteiger partial charge in [-0.1, -0.05) is 335 Å². The first-order valence-electron chi connectivity index (χ1n) is 45.0. The van der Waals surface area contributed by atoms with Crippen LogP contribution in [0.2, 0.25) is 0 Å². The molecule has 2 aliphatic carbocycles. The Kier molecular flexibility index (Phi) is 32.6. The molecule has 1 saturated carbocycles. The van der Waals surface area contributed by atoms with Crippen molar-refractivity contribution in [1.29, 1.82) is 0 Å². The van der Waals surface area contributed by atoms with Gasteiger partial charge in [0.1, 0.15) is 17.2 Å². The van der Waals surface area contributed by atoms with Crippen LogP contribution in [0.5, 0.6) is 28.7 Å². The molecule has 0 bridgehead atoms. The normalized spacial score (nSPS) is 15.3. The predicted octanol–water partition coefficient (Wildman–Crippen LogP) is 31.2. The van der Waals surface area contributed by atoms with E-state index in [0.717, 1.165) is 123 Å². The second-order valence-corrected chi connectivity index (χ2v) is 35.0. The van der Waals surface area contributed by atoms with Gasteiger partial charge in [0.15, 0.2) is 22.9 Å². The van der Waals surface area contributed by atoms with Gasteiger partial charge in [0, 0.05) is 43.1 Å². The fourth-order valence-corrected chi connectivity index (χ4v) is 20.5. The lowest BCUT2D eigenvalue weighted by molar-refractivity contribution is 0.103. The molecule has 1 heterocycles. The minimum absolute atomic E-state index is 0.0156. The van der Waals surface area contributed by atoms with Crippen LogP contribution in [0.4, 0.5) is 0 Å². The van der Waals surface area contributed by atoms with Gasteiger partial charge in [0.05, 0.1) is 28.4 Å². The molecule has 6 nitrogen and oxygen atoms in total. The first-order valence-corrected chi connectivity index (χ1v) is 45.8. The highest BCUT2D eigenvalue weighted by molar-refractivity contribution is 9.10. The second-order valence-electron chi connectivity index (χ2n) is 34.2. The van der Waals surface area contributed by atoms with Gasteiger partial charge in [0.25, 0.3) is 0 Å². The molecule has 0 spiro atoms. The molecule has 0 radical (unpaired) electrons. The van der Waals surface area contributed by atoms with E-state index >= 15 is 0 Å². The van der Waals surface area contributed by atoms with E-state index in [2.05, 4.69) is 174 Å². The first kappa shape index (κ1) is 85.8. The average molecular weight is 1580 g/mol. The van der Waals surface area contributed by atoms with Crippen molar-refractivity contribution < 1.29 is 28.5 Å². The Morgan fingerprint density at radius 3 is 1.28 bits per heavy atom. The zero-order valence-corrected chi connectivity index (χ0v) is 73.0. The van der Waals surface area contributed by atoms with Crippen LogP contribution in [0.1, 0.15) is 363 Å². The number of methoxy groups -OCH3 is 4. The van der Waals surface area contributed by atoms with E-state index in [4.69, 9.17) is 23.7 Å². The minimum Gasteiger partial charge on any atom is -0.496 e. The molecule has 8 aromatic carbocycles. The largest absolute Gasteiger partial charge is 0.496 e. The van der Waals surface area contributed by atoms with Crippen molar-refractivity contribution in [1.82, 2.24) is 0 Å². The number of hydrogen-bond donors (Lipinski definition) is 0. The van der Waals surface area contributed by atoms with Crippen LogP contribution >= 0.6 is 15.9 Å². The van der Waals surface area contributed by atoms with Crippen LogP contribution in [-0.2, 0) is 36.7 Å². The molecule has 3 aliphatic rings. The zero-order valence-electron chi connectivity index (χ0n) is 71.4. The quantitative estimate of drug-likeness (QED) is 0.0280. The summed E-state index contributed by atoms with van der Waals surface area (Å²) in [5.41, 5.74) is 20.6. The molecule has 7 heteroatoms. The SMILES string of the molecule is CCCCCCCCCc1c(OC)ccc(C2(c3ccc(OC)c(CCCCCCCCC)c3CCCCCCCCC)C=Cc3c4c(c5cc(OC)c(OC)cc5c3O2)-c2cc(-c3ccc(C(=O)c5ccc(-c6ccc(C7CCC(CCCCC)CC7)cc6)cc5)cc3)c(C)c(Br)c2C4(C)C)c1CCCCCCCCC. The summed E-state index contributed by atoms with van der Waals surface area (Å²) in [6, 6.07) is 42.1. The van der Waals surface area contributed by atoms with Gasteiger partial charge in [-0.05, 0) is 215 Å². The summed E-state index contributed by atoms with van der Waals surface area (Å²) in [4.78, 5) is 14.5. The van der Waals surface area contributed by atoms with Crippen LogP contribution in [-0.4, -0.2) is 34.2 Å². The lowest BCUT2D eigenvalue weighted by Gasteiger charge is -2.41. The third-order valence-corrected chi connectivity index (χ3v) is 27.1. The molecule has 0 atom stereocenters. The number of fused-ring (bicyclic) bond motifs is 8. The highest BCUT2D eigenvalue weighted by atomic mass is 79.9. The van der Waals surface area contributed by atoms with Crippen LogP contribution in [0.15, 0.2) is 126 Å². The van der Waals surface area contributed by atoms with E-state index in [0.29, 0.717) is 28.5 Å². The monoisotopic (exact) mass is 1570 g/mol. The van der Waals surface area contributed by atoms with Crippen molar-refractivity contribution in [2.24, 2.45) is 5.92 Å². The van der Waals surface area contributed by atoms with E-state index in [1.165, 1.54) is 267 Å². The standard InChI is InChI=1S/C105H139BrO6/c1-13-18-23-27-31-35-40-45-83-85(47-42-37-33-29-25-20-15-3)94(108-9)67-65-92(83)105(93-66-68-95(109-10)86(48-43-38-34-30-26-21-16-4)84(93)46-41-36-32-28-24-19-14-2)70-69-87-99-98(89-72-96(110-11)97(111-12)73-90(89)103(87)112-105)91-71-88(74(6)101(106)100(91)104(99,7)8)80-59-63-82(64-60-80)102(107)81-61-57-79(58-62-81)78-55-53-77(54-56-78)76-51-49-75(50-52-76)44-39-22-17-5/h53-73,75-76H,13-52H2,1-12H3. The fraction of sp³-hybridized carbons (Fsp3) is 0.533. The minimum atomic E-state index is -1.08. The molecular formula is C105H139BrO6. The van der Waals surface area contributed by atoms with Crippen molar-refractivity contribution in [3.8, 4) is 62.1 Å². The highest BCUT2D eigenvalue weighted by Gasteiger charge is 2.48. The Morgan fingerprint density at radius 2 is 0.830 bits per heavy atom. The summed E-state index contributed by atoms with van der Waals surface area (Å²) in [7, 11) is 7.29. The van der Waals surface area contributed by atoms with Crippen molar-refractivity contribution in [2.45, 2.75) is 329 Å². The van der Waals surface area contributed by atoms with Crippen molar-refractivity contribution >= 4 is 38.6 Å². The topological polar surface area (TPSA) is 63.2 Å². The van der Waals surface area contributed by atoms with Crippen LogP contribution in [0.25, 0.3) is 50.2 Å². The molecule has 602 valence electrons. The highest BCUT2D eigenvalue weighted by Crippen LogP contribution is 2.62. The maximum absolute atomic E-state index is 14.5. The predicted molar refractivity (Wildman–Crippen MR) is 480 cm³/mol. The van der Waals surface area contributed by atoms with Crippen molar-refractivity contribution in [3.63, 3.8) is 0 Å². The molecule has 0 aromatic heterocycles. The van der Waals surface area contributed by atoms with Gasteiger partial charge in [0.2, 0.25) is 0 Å². The number of unbranched alkanes of at least 4 members (excludes halogenated alkanes) is 26. The first-order chi connectivity index (χ1) is 54.7. The number of halogens is 1. The Balaban J connectivity index is 1.02. The molecule has 8 aromatic rings. The van der Waals surface area contributed by atoms with E-state index in [-0.39, 0.29) is 5.78 Å². The number of ketones is 1. The van der Waals surface area contributed by atoms with E-state index in [1.54, 1.807) is 14.2 Å². The van der Waals surface area contributed by atoms with Gasteiger partial charge in [-0.15, -0.1) is 0 Å². The molecule has 1 aliphatic heterocycles. The molecule has 0 amide bonds. The van der Waals surface area contributed by atoms with E-state index < -0.39 is 11.0 Å². The molecule has 11 rings (SSSR count).